The summed E-state index contributed by atoms with van der Waals surface area (Å²) in [7, 11) is 1.66. The van der Waals surface area contributed by atoms with Crippen molar-refractivity contribution in [3.63, 3.8) is 0 Å². The lowest BCUT2D eigenvalue weighted by Crippen LogP contribution is -2.38. The number of ether oxygens (including phenoxy) is 3. The normalized spacial score (nSPS) is 22.4. The van der Waals surface area contributed by atoms with Gasteiger partial charge in [0.25, 0.3) is 0 Å². The molecule has 1 aliphatic heterocycles. The Balaban J connectivity index is 1.32. The van der Waals surface area contributed by atoms with E-state index < -0.39 is 11.5 Å². The zero-order valence-corrected chi connectivity index (χ0v) is 24.6. The second kappa shape index (κ2) is 12.7. The van der Waals surface area contributed by atoms with E-state index in [0.717, 1.165) is 24.0 Å². The summed E-state index contributed by atoms with van der Waals surface area (Å²) in [6.07, 6.45) is 3.99. The molecule has 1 N–H and O–H groups in total. The molecular formula is C35H43NO5. The number of hydrogen-bond acceptors (Lipinski definition) is 5. The van der Waals surface area contributed by atoms with Gasteiger partial charge in [-0.1, -0.05) is 86.5 Å². The highest BCUT2D eigenvalue weighted by Crippen LogP contribution is 2.47. The molecule has 0 radical (unpaired) electrons. The first-order valence-corrected chi connectivity index (χ1v) is 14.8. The summed E-state index contributed by atoms with van der Waals surface area (Å²) in [6, 6.07) is 26.6. The number of amides is 1. The smallest absolute Gasteiger partial charge is 0.248 e. The molecule has 6 nitrogen and oxygen atoms in total. The van der Waals surface area contributed by atoms with Gasteiger partial charge < -0.3 is 24.2 Å². The van der Waals surface area contributed by atoms with Gasteiger partial charge in [0, 0.05) is 29.8 Å². The van der Waals surface area contributed by atoms with Crippen LogP contribution < -0.4 is 9.47 Å². The molecule has 5 rings (SSSR count). The van der Waals surface area contributed by atoms with E-state index in [4.69, 9.17) is 14.2 Å². The van der Waals surface area contributed by atoms with Gasteiger partial charge in [-0.3, -0.25) is 4.79 Å². The summed E-state index contributed by atoms with van der Waals surface area (Å²) < 4.78 is 18.0. The van der Waals surface area contributed by atoms with E-state index in [1.54, 1.807) is 7.11 Å². The van der Waals surface area contributed by atoms with Crippen LogP contribution in [0.15, 0.2) is 78.9 Å². The van der Waals surface area contributed by atoms with E-state index in [1.807, 2.05) is 54.3 Å². The first-order valence-electron chi connectivity index (χ1n) is 14.8. The Hall–Kier alpha value is -3.35. The number of carbonyl (C=O) groups excluding carboxylic acids is 1. The third kappa shape index (κ3) is 6.29. The molecule has 41 heavy (non-hydrogen) atoms. The second-order valence-electron chi connectivity index (χ2n) is 12.0. The molecule has 1 aliphatic carbocycles. The maximum Gasteiger partial charge on any atom is 0.248 e. The zero-order chi connectivity index (χ0) is 28.9. The van der Waals surface area contributed by atoms with Gasteiger partial charge in [0.1, 0.15) is 6.61 Å². The number of likely N-dealkylation sites (tertiary alicyclic amines) is 1. The molecule has 2 fully saturated rings. The van der Waals surface area contributed by atoms with Gasteiger partial charge in [-0.05, 0) is 48.6 Å². The van der Waals surface area contributed by atoms with Crippen molar-refractivity contribution in [3.05, 3.63) is 95.6 Å². The van der Waals surface area contributed by atoms with Crippen LogP contribution in [0.4, 0.5) is 0 Å². The third-order valence-electron chi connectivity index (χ3n) is 9.42. The highest BCUT2D eigenvalue weighted by Gasteiger charge is 2.48. The number of benzene rings is 3. The summed E-state index contributed by atoms with van der Waals surface area (Å²) in [5.41, 5.74) is 2.87. The Kier molecular flexibility index (Phi) is 9.00. The molecule has 1 saturated heterocycles. The van der Waals surface area contributed by atoms with Gasteiger partial charge in [-0.15, -0.1) is 0 Å². The molecule has 1 heterocycles. The van der Waals surface area contributed by atoms with Crippen LogP contribution >= 0.6 is 0 Å². The van der Waals surface area contributed by atoms with Crippen molar-refractivity contribution in [2.24, 2.45) is 5.41 Å². The van der Waals surface area contributed by atoms with Crippen LogP contribution in [-0.2, 0) is 21.6 Å². The Bertz CT molecular complexity index is 1290. The molecule has 0 spiro atoms. The number of methoxy groups -OCH3 is 1. The molecule has 1 amide bonds. The molecule has 0 bridgehead atoms. The minimum absolute atomic E-state index is 0.00721. The van der Waals surface area contributed by atoms with Gasteiger partial charge >= 0.3 is 0 Å². The minimum atomic E-state index is -0.609. The zero-order valence-electron chi connectivity index (χ0n) is 24.6. The van der Waals surface area contributed by atoms with Gasteiger partial charge in [0.2, 0.25) is 5.91 Å². The Morgan fingerprint density at radius 2 is 1.68 bits per heavy atom. The Labute approximate surface area is 244 Å². The maximum atomic E-state index is 13.2. The summed E-state index contributed by atoms with van der Waals surface area (Å²) in [6.45, 7) is 5.83. The molecule has 218 valence electrons. The van der Waals surface area contributed by atoms with Crippen LogP contribution in [0.25, 0.3) is 0 Å². The van der Waals surface area contributed by atoms with Crippen molar-refractivity contribution in [1.29, 1.82) is 0 Å². The number of aliphatic hydroxyl groups excluding tert-OH is 1. The molecule has 3 aromatic carbocycles. The molecule has 2 aliphatic rings. The summed E-state index contributed by atoms with van der Waals surface area (Å²) >= 11 is 0. The summed E-state index contributed by atoms with van der Waals surface area (Å²) in [5, 5.41) is 10.9. The molecule has 0 aromatic heterocycles. The predicted molar refractivity (Wildman–Crippen MR) is 160 cm³/mol. The van der Waals surface area contributed by atoms with E-state index in [2.05, 4.69) is 43.3 Å². The van der Waals surface area contributed by atoms with Crippen LogP contribution in [0, 0.1) is 5.41 Å². The first kappa shape index (κ1) is 29.2. The average molecular weight is 558 g/mol. The van der Waals surface area contributed by atoms with Gasteiger partial charge in [-0.2, -0.15) is 0 Å². The van der Waals surface area contributed by atoms with Gasteiger partial charge in [0.15, 0.2) is 11.5 Å². The van der Waals surface area contributed by atoms with E-state index >= 15 is 0 Å². The van der Waals surface area contributed by atoms with Crippen molar-refractivity contribution in [3.8, 4) is 11.5 Å². The van der Waals surface area contributed by atoms with E-state index in [9.17, 15) is 9.90 Å². The van der Waals surface area contributed by atoms with Crippen LogP contribution in [0.5, 0.6) is 11.5 Å². The summed E-state index contributed by atoms with van der Waals surface area (Å²) in [4.78, 5) is 15.0. The van der Waals surface area contributed by atoms with E-state index in [1.165, 1.54) is 18.4 Å². The fourth-order valence-corrected chi connectivity index (χ4v) is 6.63. The summed E-state index contributed by atoms with van der Waals surface area (Å²) in [5.74, 6) is 1.26. The number of hydrogen-bond donors (Lipinski definition) is 1. The highest BCUT2D eigenvalue weighted by atomic mass is 16.5. The quantitative estimate of drug-likeness (QED) is 0.308. The fraction of sp³-hybridized carbons (Fsp3) is 0.457. The largest absolute Gasteiger partial charge is 0.493 e. The van der Waals surface area contributed by atoms with Crippen LogP contribution in [0.2, 0.25) is 0 Å². The third-order valence-corrected chi connectivity index (χ3v) is 9.42. The second-order valence-corrected chi connectivity index (χ2v) is 12.0. The molecule has 6 heteroatoms. The molecule has 2 unspecified atom stereocenters. The van der Waals surface area contributed by atoms with Crippen LogP contribution in [0.3, 0.4) is 0 Å². The molecule has 3 aromatic rings. The van der Waals surface area contributed by atoms with Crippen molar-refractivity contribution in [2.75, 3.05) is 33.4 Å². The number of aliphatic hydroxyl groups is 1. The van der Waals surface area contributed by atoms with E-state index in [0.29, 0.717) is 37.8 Å². The minimum Gasteiger partial charge on any atom is -0.493 e. The van der Waals surface area contributed by atoms with Crippen LogP contribution in [-0.4, -0.2) is 55.4 Å². The Morgan fingerprint density at radius 3 is 2.34 bits per heavy atom. The molecule has 1 saturated carbocycles. The van der Waals surface area contributed by atoms with Crippen molar-refractivity contribution < 1.29 is 24.1 Å². The lowest BCUT2D eigenvalue weighted by molar-refractivity contribution is -0.136. The number of rotatable bonds is 11. The lowest BCUT2D eigenvalue weighted by atomic mass is 9.72. The fourth-order valence-electron chi connectivity index (χ4n) is 6.63. The maximum absolute atomic E-state index is 13.2. The molecular weight excluding hydrogens is 514 g/mol. The average Bonchev–Trinajstić information content (AvgIpc) is 3.63. The first-order chi connectivity index (χ1) is 19.8. The lowest BCUT2D eigenvalue weighted by Gasteiger charge is -2.34. The van der Waals surface area contributed by atoms with Gasteiger partial charge in [-0.25, -0.2) is 0 Å². The molecule has 3 atom stereocenters. The van der Waals surface area contributed by atoms with Gasteiger partial charge in [0.05, 0.1) is 26.4 Å². The standard InChI is InChI=1S/C35H43NO5/c1-26(37)34(2)24-36(33(38)23-40-22-27-12-6-4-7-13-27)21-30(34)28-16-17-31(39-3)32(20-28)41-25-35(18-10-11-19-35)29-14-8-5-9-15-29/h4-9,12-17,20,26,30,37H,10-11,18-19,21-25H2,1-3H3/t26-,30?,34?/m1/s1. The van der Waals surface area contributed by atoms with Crippen molar-refractivity contribution in [1.82, 2.24) is 4.90 Å². The van der Waals surface area contributed by atoms with E-state index in [-0.39, 0.29) is 23.8 Å². The van der Waals surface area contributed by atoms with Crippen LogP contribution in [0.1, 0.15) is 62.1 Å². The monoisotopic (exact) mass is 557 g/mol. The number of carbonyl (C=O) groups is 1. The van der Waals surface area contributed by atoms with Crippen molar-refractivity contribution >= 4 is 5.91 Å². The predicted octanol–water partition coefficient (Wildman–Crippen LogP) is 6.12. The Morgan fingerprint density at radius 1 is 1.00 bits per heavy atom. The number of nitrogens with zero attached hydrogens (tertiary/aromatic N) is 1. The SMILES string of the molecule is COc1ccc(C2CN(C(=O)COCc3ccccc3)CC2(C)[C@@H](C)O)cc1OCC1(c2ccccc2)CCCC1. The highest BCUT2D eigenvalue weighted by molar-refractivity contribution is 5.78. The van der Waals surface area contributed by atoms with Crippen molar-refractivity contribution in [2.45, 2.75) is 63.6 Å². The topological polar surface area (TPSA) is 68.2 Å².